The molecule has 1 fully saturated rings. The van der Waals surface area contributed by atoms with Crippen LogP contribution >= 0.6 is 0 Å². The highest BCUT2D eigenvalue weighted by atomic mass is 16.5. The molecule has 2 unspecified atom stereocenters. The van der Waals surface area contributed by atoms with Crippen LogP contribution in [-0.4, -0.2) is 43.0 Å². The second kappa shape index (κ2) is 5.85. The van der Waals surface area contributed by atoms with Crippen LogP contribution in [0.1, 0.15) is 30.0 Å². The molecule has 2 aliphatic heterocycles. The lowest BCUT2D eigenvalue weighted by atomic mass is 9.93. The number of rotatable bonds is 2. The summed E-state index contributed by atoms with van der Waals surface area (Å²) in [7, 11) is 1.37. The van der Waals surface area contributed by atoms with Gasteiger partial charge in [0.05, 0.1) is 7.11 Å². The maximum atomic E-state index is 12.8. The minimum absolute atomic E-state index is 0.0185. The lowest BCUT2D eigenvalue weighted by Gasteiger charge is -2.31. The van der Waals surface area contributed by atoms with Crippen molar-refractivity contribution in [1.82, 2.24) is 10.2 Å². The molecule has 0 spiro atoms. The predicted octanol–water partition coefficient (Wildman–Crippen LogP) is 1.04. The van der Waals surface area contributed by atoms with E-state index in [0.717, 1.165) is 24.9 Å². The van der Waals surface area contributed by atoms with Crippen molar-refractivity contribution in [3.05, 3.63) is 35.4 Å². The van der Waals surface area contributed by atoms with Gasteiger partial charge in [-0.05, 0) is 30.4 Å². The van der Waals surface area contributed by atoms with Gasteiger partial charge in [-0.2, -0.15) is 0 Å². The molecule has 5 nitrogen and oxygen atoms in total. The number of esters is 1. The van der Waals surface area contributed by atoms with Gasteiger partial charge in [-0.3, -0.25) is 4.79 Å². The van der Waals surface area contributed by atoms with Gasteiger partial charge in [-0.15, -0.1) is 0 Å². The topological polar surface area (TPSA) is 58.6 Å². The Morgan fingerprint density at radius 2 is 2.14 bits per heavy atom. The van der Waals surface area contributed by atoms with Crippen molar-refractivity contribution in [2.24, 2.45) is 0 Å². The van der Waals surface area contributed by atoms with Crippen LogP contribution < -0.4 is 5.32 Å². The Hall–Kier alpha value is -1.88. The number of amides is 1. The van der Waals surface area contributed by atoms with Crippen molar-refractivity contribution >= 4 is 11.9 Å². The first-order valence-electron chi connectivity index (χ1n) is 7.42. The minimum atomic E-state index is -0.432. The van der Waals surface area contributed by atoms with Crippen molar-refractivity contribution in [1.29, 1.82) is 0 Å². The second-order valence-electron chi connectivity index (χ2n) is 5.55. The Balaban J connectivity index is 1.84. The van der Waals surface area contributed by atoms with Gasteiger partial charge in [0.1, 0.15) is 12.1 Å². The first-order chi connectivity index (χ1) is 10.2. The smallest absolute Gasteiger partial charge is 0.328 e. The Kier molecular flexibility index (Phi) is 3.92. The van der Waals surface area contributed by atoms with Crippen molar-refractivity contribution in [3.8, 4) is 0 Å². The summed E-state index contributed by atoms with van der Waals surface area (Å²) in [6.07, 6.45) is 2.47. The molecule has 2 heterocycles. The highest BCUT2D eigenvalue weighted by Crippen LogP contribution is 2.28. The average molecular weight is 288 g/mol. The summed E-state index contributed by atoms with van der Waals surface area (Å²) < 4.78 is 4.82. The average Bonchev–Trinajstić information content (AvgIpc) is 3.02. The molecule has 21 heavy (non-hydrogen) atoms. The Bertz CT molecular complexity index is 558. The molecule has 0 radical (unpaired) electrons. The number of methoxy groups -OCH3 is 1. The van der Waals surface area contributed by atoms with Crippen LogP contribution in [0.15, 0.2) is 24.3 Å². The summed E-state index contributed by atoms with van der Waals surface area (Å²) in [5.41, 5.74) is 2.24. The zero-order chi connectivity index (χ0) is 14.8. The number of carbonyl (C=O) groups is 2. The van der Waals surface area contributed by atoms with Gasteiger partial charge in [0, 0.05) is 13.1 Å². The van der Waals surface area contributed by atoms with E-state index < -0.39 is 6.04 Å². The highest BCUT2D eigenvalue weighted by Gasteiger charge is 2.39. The number of nitrogens with zero attached hydrogens (tertiary/aromatic N) is 1. The van der Waals surface area contributed by atoms with E-state index >= 15 is 0 Å². The van der Waals surface area contributed by atoms with E-state index in [9.17, 15) is 9.59 Å². The van der Waals surface area contributed by atoms with Gasteiger partial charge in [-0.1, -0.05) is 24.3 Å². The van der Waals surface area contributed by atoms with E-state index in [1.54, 1.807) is 4.90 Å². The number of nitrogens with one attached hydrogen (secondary N) is 1. The monoisotopic (exact) mass is 288 g/mol. The van der Waals surface area contributed by atoms with E-state index in [1.807, 2.05) is 18.2 Å². The van der Waals surface area contributed by atoms with Gasteiger partial charge >= 0.3 is 5.97 Å². The lowest BCUT2D eigenvalue weighted by molar-refractivity contribution is -0.151. The SMILES string of the molecule is COC(=O)C1CCCN1C(=O)C1NCCc2ccccc21. The highest BCUT2D eigenvalue weighted by molar-refractivity contribution is 5.89. The summed E-state index contributed by atoms with van der Waals surface area (Å²) in [6.45, 7) is 1.41. The largest absolute Gasteiger partial charge is 0.467 e. The molecule has 0 aliphatic carbocycles. The molecule has 0 aromatic heterocycles. The van der Waals surface area contributed by atoms with Crippen molar-refractivity contribution < 1.29 is 14.3 Å². The maximum Gasteiger partial charge on any atom is 0.328 e. The van der Waals surface area contributed by atoms with Crippen molar-refractivity contribution in [2.75, 3.05) is 20.2 Å². The fourth-order valence-electron chi connectivity index (χ4n) is 3.30. The van der Waals surface area contributed by atoms with Crippen LogP contribution in [0.5, 0.6) is 0 Å². The van der Waals surface area contributed by atoms with Crippen molar-refractivity contribution in [3.63, 3.8) is 0 Å². The molecule has 3 rings (SSSR count). The van der Waals surface area contributed by atoms with E-state index in [4.69, 9.17) is 4.74 Å². The number of hydrogen-bond donors (Lipinski definition) is 1. The van der Waals surface area contributed by atoms with Gasteiger partial charge in [0.2, 0.25) is 5.91 Å². The molecule has 1 amide bonds. The van der Waals surface area contributed by atoms with Gasteiger partial charge < -0.3 is 15.0 Å². The minimum Gasteiger partial charge on any atom is -0.467 e. The third-order valence-electron chi connectivity index (χ3n) is 4.36. The molecular formula is C16H20N2O3. The van der Waals surface area contributed by atoms with E-state index in [2.05, 4.69) is 11.4 Å². The summed E-state index contributed by atoms with van der Waals surface area (Å²) in [4.78, 5) is 26.3. The lowest BCUT2D eigenvalue weighted by Crippen LogP contribution is -2.48. The van der Waals surface area contributed by atoms with Crippen LogP contribution in [0.25, 0.3) is 0 Å². The Labute approximate surface area is 124 Å². The molecule has 0 saturated carbocycles. The third kappa shape index (κ3) is 2.53. The quantitative estimate of drug-likeness (QED) is 0.826. The fraction of sp³-hybridized carbons (Fsp3) is 0.500. The molecular weight excluding hydrogens is 268 g/mol. The molecule has 2 atom stereocenters. The normalized spacial score (nSPS) is 24.5. The Morgan fingerprint density at radius 3 is 2.95 bits per heavy atom. The van der Waals surface area contributed by atoms with Crippen LogP contribution in [0, 0.1) is 0 Å². The van der Waals surface area contributed by atoms with Crippen LogP contribution in [0.3, 0.4) is 0 Å². The number of ether oxygens (including phenoxy) is 1. The van der Waals surface area contributed by atoms with Crippen LogP contribution in [0.4, 0.5) is 0 Å². The summed E-state index contributed by atoms with van der Waals surface area (Å²) in [6, 6.07) is 7.23. The predicted molar refractivity (Wildman–Crippen MR) is 77.6 cm³/mol. The Morgan fingerprint density at radius 1 is 1.33 bits per heavy atom. The van der Waals surface area contributed by atoms with Gasteiger partial charge in [-0.25, -0.2) is 4.79 Å². The molecule has 5 heteroatoms. The van der Waals surface area contributed by atoms with E-state index in [-0.39, 0.29) is 17.9 Å². The maximum absolute atomic E-state index is 12.8. The van der Waals surface area contributed by atoms with Crippen molar-refractivity contribution in [2.45, 2.75) is 31.3 Å². The molecule has 1 N–H and O–H groups in total. The number of benzene rings is 1. The zero-order valence-electron chi connectivity index (χ0n) is 12.2. The second-order valence-corrected chi connectivity index (χ2v) is 5.55. The molecule has 2 aliphatic rings. The summed E-state index contributed by atoms with van der Waals surface area (Å²) >= 11 is 0. The number of fused-ring (bicyclic) bond motifs is 1. The van der Waals surface area contributed by atoms with Crippen LogP contribution in [0.2, 0.25) is 0 Å². The molecule has 0 bridgehead atoms. The van der Waals surface area contributed by atoms with E-state index in [1.165, 1.54) is 12.7 Å². The molecule has 112 valence electrons. The standard InChI is InChI=1S/C16H20N2O3/c1-21-16(20)13-7-4-10-18(13)15(19)14-12-6-3-2-5-11(12)8-9-17-14/h2-3,5-6,13-14,17H,4,7-10H2,1H3. The van der Waals surface area contributed by atoms with Gasteiger partial charge in [0.15, 0.2) is 0 Å². The number of hydrogen-bond acceptors (Lipinski definition) is 4. The van der Waals surface area contributed by atoms with Gasteiger partial charge in [0.25, 0.3) is 0 Å². The number of likely N-dealkylation sites (tertiary alicyclic amines) is 1. The molecule has 1 aromatic carbocycles. The van der Waals surface area contributed by atoms with Crippen LogP contribution in [-0.2, 0) is 20.7 Å². The zero-order valence-corrected chi connectivity index (χ0v) is 12.2. The number of carbonyl (C=O) groups excluding carboxylic acids is 2. The first-order valence-corrected chi connectivity index (χ1v) is 7.42. The summed E-state index contributed by atoms with van der Waals surface area (Å²) in [5, 5.41) is 3.29. The fourth-order valence-corrected chi connectivity index (χ4v) is 3.30. The summed E-state index contributed by atoms with van der Waals surface area (Å²) in [5.74, 6) is -0.333. The molecule has 1 aromatic rings. The van der Waals surface area contributed by atoms with E-state index in [0.29, 0.717) is 13.0 Å². The molecule has 1 saturated heterocycles. The first kappa shape index (κ1) is 14.1. The third-order valence-corrected chi connectivity index (χ3v) is 4.36.